The molecule has 1 saturated heterocycles. The molecule has 1 fully saturated rings. The number of rotatable bonds is 4. The fraction of sp³-hybridized carbons (Fsp3) is 0.778. The first-order valence-corrected chi connectivity index (χ1v) is 4.71. The van der Waals surface area contributed by atoms with Crippen molar-refractivity contribution in [1.82, 2.24) is 9.80 Å². The molecule has 0 N–H and O–H groups in total. The molecule has 0 aromatic heterocycles. The van der Waals surface area contributed by atoms with Gasteiger partial charge in [0.25, 0.3) is 0 Å². The average Bonchev–Trinajstić information content (AvgIpc) is 2.04. The highest BCUT2D eigenvalue weighted by Crippen LogP contribution is 2.15. The van der Waals surface area contributed by atoms with Gasteiger partial charge in [-0.15, -0.1) is 0 Å². The molecule has 0 saturated carbocycles. The van der Waals surface area contributed by atoms with Crippen LogP contribution in [-0.2, 0) is 9.59 Å². The Labute approximate surface area is 78.5 Å². The predicted molar refractivity (Wildman–Crippen MR) is 49.1 cm³/mol. The third-order valence-corrected chi connectivity index (χ3v) is 2.48. The molecule has 1 heterocycles. The maximum atomic E-state index is 11.6. The first-order valence-electron chi connectivity index (χ1n) is 4.71. The smallest absolute Gasteiger partial charge is 0.229 e. The van der Waals surface area contributed by atoms with Gasteiger partial charge in [0.05, 0.1) is 5.92 Å². The monoisotopic (exact) mass is 184 g/mol. The number of hydrogen-bond donors (Lipinski definition) is 0. The molecule has 0 aromatic rings. The van der Waals surface area contributed by atoms with Gasteiger partial charge in [0.15, 0.2) is 0 Å². The minimum absolute atomic E-state index is 0.0464. The van der Waals surface area contributed by atoms with E-state index in [0.717, 1.165) is 19.5 Å². The van der Waals surface area contributed by atoms with Crippen LogP contribution in [0.1, 0.15) is 13.8 Å². The molecule has 13 heavy (non-hydrogen) atoms. The van der Waals surface area contributed by atoms with Crippen molar-refractivity contribution in [3.05, 3.63) is 0 Å². The lowest BCUT2D eigenvalue weighted by Crippen LogP contribution is -2.53. The number of carbonyl (C=O) groups excluding carboxylic acids is 2. The van der Waals surface area contributed by atoms with Gasteiger partial charge >= 0.3 is 0 Å². The molecule has 0 radical (unpaired) electrons. The van der Waals surface area contributed by atoms with E-state index in [-0.39, 0.29) is 11.8 Å². The molecule has 2 amide bonds. The normalized spacial score (nSPS) is 16.6. The number of nitrogens with zero attached hydrogens (tertiary/aromatic N) is 2. The Morgan fingerprint density at radius 3 is 2.38 bits per heavy atom. The summed E-state index contributed by atoms with van der Waals surface area (Å²) in [4.78, 5) is 25.3. The van der Waals surface area contributed by atoms with Crippen LogP contribution in [0, 0.1) is 5.92 Å². The van der Waals surface area contributed by atoms with Crippen LogP contribution in [0.3, 0.4) is 0 Å². The topological polar surface area (TPSA) is 40.6 Å². The number of carbonyl (C=O) groups is 2. The summed E-state index contributed by atoms with van der Waals surface area (Å²) in [6, 6.07) is 0. The first-order chi connectivity index (χ1) is 6.22. The van der Waals surface area contributed by atoms with Crippen molar-refractivity contribution in [2.75, 3.05) is 26.2 Å². The summed E-state index contributed by atoms with van der Waals surface area (Å²) >= 11 is 0. The lowest BCUT2D eigenvalue weighted by Gasteiger charge is -2.37. The van der Waals surface area contributed by atoms with E-state index in [1.54, 1.807) is 4.90 Å². The minimum Gasteiger partial charge on any atom is -0.344 e. The van der Waals surface area contributed by atoms with Crippen LogP contribution in [0.5, 0.6) is 0 Å². The van der Waals surface area contributed by atoms with E-state index in [2.05, 4.69) is 0 Å². The minimum atomic E-state index is 0.0464. The maximum absolute atomic E-state index is 11.6. The molecule has 0 atom stereocenters. The number of hydrogen-bond acceptors (Lipinski definition) is 2. The average molecular weight is 184 g/mol. The van der Waals surface area contributed by atoms with Crippen molar-refractivity contribution >= 4 is 12.3 Å². The zero-order chi connectivity index (χ0) is 9.84. The first kappa shape index (κ1) is 10.0. The van der Waals surface area contributed by atoms with Gasteiger partial charge in [-0.05, 0) is 13.8 Å². The summed E-state index contributed by atoms with van der Waals surface area (Å²) < 4.78 is 0. The molecular weight excluding hydrogens is 168 g/mol. The van der Waals surface area contributed by atoms with Crippen LogP contribution < -0.4 is 0 Å². The third kappa shape index (κ3) is 1.99. The van der Waals surface area contributed by atoms with Crippen LogP contribution in [0.25, 0.3) is 0 Å². The molecule has 0 unspecified atom stereocenters. The van der Waals surface area contributed by atoms with E-state index in [0.29, 0.717) is 13.1 Å². The van der Waals surface area contributed by atoms with Crippen molar-refractivity contribution in [2.45, 2.75) is 13.8 Å². The second kappa shape index (κ2) is 4.25. The van der Waals surface area contributed by atoms with Gasteiger partial charge in [-0.25, -0.2) is 0 Å². The molecule has 0 aromatic carbocycles. The van der Waals surface area contributed by atoms with Crippen molar-refractivity contribution in [2.24, 2.45) is 5.92 Å². The molecule has 1 aliphatic heterocycles. The predicted octanol–water partition coefficient (Wildman–Crippen LogP) is -0.0570. The molecule has 0 spiro atoms. The van der Waals surface area contributed by atoms with Gasteiger partial charge in [0, 0.05) is 26.2 Å². The largest absolute Gasteiger partial charge is 0.344 e. The summed E-state index contributed by atoms with van der Waals surface area (Å²) in [5, 5.41) is 0. The molecule has 0 aliphatic carbocycles. The summed E-state index contributed by atoms with van der Waals surface area (Å²) in [5.74, 6) is 0.230. The molecule has 74 valence electrons. The van der Waals surface area contributed by atoms with Gasteiger partial charge < -0.3 is 9.80 Å². The molecule has 0 bridgehead atoms. The molecule has 4 nitrogen and oxygen atoms in total. The van der Waals surface area contributed by atoms with Gasteiger partial charge in [-0.1, -0.05) is 0 Å². The Hall–Kier alpha value is -1.06. The van der Waals surface area contributed by atoms with Gasteiger partial charge in [-0.2, -0.15) is 0 Å². The van der Waals surface area contributed by atoms with Crippen LogP contribution in [0.4, 0.5) is 0 Å². The highest BCUT2D eigenvalue weighted by molar-refractivity contribution is 5.81. The van der Waals surface area contributed by atoms with Crippen LogP contribution in [-0.4, -0.2) is 48.3 Å². The summed E-state index contributed by atoms with van der Waals surface area (Å²) in [7, 11) is 0. The lowest BCUT2D eigenvalue weighted by molar-refractivity contribution is -0.143. The van der Waals surface area contributed by atoms with Gasteiger partial charge in [0.2, 0.25) is 12.3 Å². The highest BCUT2D eigenvalue weighted by Gasteiger charge is 2.33. The Balaban J connectivity index is 2.37. The Morgan fingerprint density at radius 1 is 1.46 bits per heavy atom. The van der Waals surface area contributed by atoms with Crippen molar-refractivity contribution in [3.8, 4) is 0 Å². The fourth-order valence-corrected chi connectivity index (χ4v) is 1.55. The van der Waals surface area contributed by atoms with Crippen molar-refractivity contribution in [3.63, 3.8) is 0 Å². The summed E-state index contributed by atoms with van der Waals surface area (Å²) in [6.45, 7) is 6.65. The second-order valence-corrected chi connectivity index (χ2v) is 3.27. The van der Waals surface area contributed by atoms with Crippen molar-refractivity contribution in [1.29, 1.82) is 0 Å². The fourth-order valence-electron chi connectivity index (χ4n) is 1.55. The van der Waals surface area contributed by atoms with E-state index in [9.17, 15) is 9.59 Å². The number of amides is 2. The lowest BCUT2D eigenvalue weighted by atomic mass is 9.99. The van der Waals surface area contributed by atoms with E-state index in [1.807, 2.05) is 18.7 Å². The van der Waals surface area contributed by atoms with Gasteiger partial charge in [-0.3, -0.25) is 9.59 Å². The van der Waals surface area contributed by atoms with Crippen LogP contribution >= 0.6 is 0 Å². The van der Waals surface area contributed by atoms with E-state index >= 15 is 0 Å². The quantitative estimate of drug-likeness (QED) is 0.574. The third-order valence-electron chi connectivity index (χ3n) is 2.48. The summed E-state index contributed by atoms with van der Waals surface area (Å²) in [5.41, 5.74) is 0. The zero-order valence-electron chi connectivity index (χ0n) is 8.19. The highest BCUT2D eigenvalue weighted by atomic mass is 16.2. The maximum Gasteiger partial charge on any atom is 0.229 e. The van der Waals surface area contributed by atoms with Crippen LogP contribution in [0.2, 0.25) is 0 Å². The SMILES string of the molecule is CCN(CC)C(=O)C1CN(C=O)C1. The van der Waals surface area contributed by atoms with Gasteiger partial charge in [0.1, 0.15) is 0 Å². The molecule has 1 aliphatic rings. The van der Waals surface area contributed by atoms with E-state index < -0.39 is 0 Å². The Kier molecular flexibility index (Phi) is 3.28. The van der Waals surface area contributed by atoms with E-state index in [1.165, 1.54) is 0 Å². The molecule has 4 heteroatoms. The zero-order valence-corrected chi connectivity index (χ0v) is 8.19. The standard InChI is InChI=1S/C9H16N2O2/c1-3-11(4-2)9(13)8-5-10(6-8)7-12/h7-8H,3-6H2,1-2H3. The number of likely N-dealkylation sites (tertiary alicyclic amines) is 1. The Morgan fingerprint density at radius 2 is 2.00 bits per heavy atom. The Bertz CT molecular complexity index is 196. The van der Waals surface area contributed by atoms with E-state index in [4.69, 9.17) is 0 Å². The second-order valence-electron chi connectivity index (χ2n) is 3.27. The summed E-state index contributed by atoms with van der Waals surface area (Å²) in [6.07, 6.45) is 0.798. The molecular formula is C9H16N2O2. The van der Waals surface area contributed by atoms with Crippen LogP contribution in [0.15, 0.2) is 0 Å². The van der Waals surface area contributed by atoms with Crippen molar-refractivity contribution < 1.29 is 9.59 Å². The molecule has 1 rings (SSSR count).